The van der Waals surface area contributed by atoms with Crippen LogP contribution in [0, 0.1) is 13.8 Å². The minimum Gasteiger partial charge on any atom is -0.361 e. The predicted octanol–water partition coefficient (Wildman–Crippen LogP) is 2.41. The van der Waals surface area contributed by atoms with Gasteiger partial charge in [-0.15, -0.1) is 0 Å². The highest BCUT2D eigenvalue weighted by Gasteiger charge is 2.08. The molecule has 1 amide bonds. The van der Waals surface area contributed by atoms with E-state index < -0.39 is 0 Å². The maximum Gasteiger partial charge on any atom is 0.224 e. The van der Waals surface area contributed by atoms with Crippen molar-refractivity contribution in [1.82, 2.24) is 20.5 Å². The second kappa shape index (κ2) is 6.05. The van der Waals surface area contributed by atoms with Gasteiger partial charge in [0, 0.05) is 24.0 Å². The third-order valence-corrected chi connectivity index (χ3v) is 3.96. The van der Waals surface area contributed by atoms with Gasteiger partial charge >= 0.3 is 0 Å². The van der Waals surface area contributed by atoms with Crippen molar-refractivity contribution >= 4 is 16.8 Å². The Kier molecular flexibility index (Phi) is 3.96. The molecule has 3 N–H and O–H groups in total. The zero-order chi connectivity index (χ0) is 15.5. The first-order valence-corrected chi connectivity index (χ1v) is 7.46. The van der Waals surface area contributed by atoms with Crippen LogP contribution in [-0.4, -0.2) is 27.6 Å². The zero-order valence-electron chi connectivity index (χ0n) is 12.9. The third-order valence-electron chi connectivity index (χ3n) is 3.96. The second-order valence-corrected chi connectivity index (χ2v) is 5.59. The number of hydrogen-bond donors (Lipinski definition) is 3. The van der Waals surface area contributed by atoms with Gasteiger partial charge in [0.05, 0.1) is 12.1 Å². The van der Waals surface area contributed by atoms with E-state index >= 15 is 0 Å². The minimum absolute atomic E-state index is 0.0497. The number of aromatic amines is 2. The van der Waals surface area contributed by atoms with E-state index in [2.05, 4.69) is 26.6 Å². The second-order valence-electron chi connectivity index (χ2n) is 5.59. The number of aryl methyl sites for hydroxylation is 2. The minimum atomic E-state index is 0.0497. The Morgan fingerprint density at radius 2 is 2.14 bits per heavy atom. The fourth-order valence-electron chi connectivity index (χ4n) is 2.73. The molecule has 0 aliphatic rings. The number of benzene rings is 1. The Balaban J connectivity index is 1.54. The van der Waals surface area contributed by atoms with Gasteiger partial charge in [-0.25, -0.2) is 0 Å². The largest absolute Gasteiger partial charge is 0.361 e. The van der Waals surface area contributed by atoms with Crippen LogP contribution in [0.5, 0.6) is 0 Å². The summed E-state index contributed by atoms with van der Waals surface area (Å²) in [6, 6.07) is 8.07. The van der Waals surface area contributed by atoms with Crippen LogP contribution in [0.15, 0.2) is 30.5 Å². The Bertz CT molecular complexity index is 780. The van der Waals surface area contributed by atoms with Gasteiger partial charge in [-0.05, 0) is 55.0 Å². The lowest BCUT2D eigenvalue weighted by Gasteiger charge is -2.06. The number of rotatable bonds is 5. The molecule has 0 spiro atoms. The summed E-state index contributed by atoms with van der Waals surface area (Å²) in [5.41, 5.74) is 5.39. The molecule has 3 aromatic rings. The van der Waals surface area contributed by atoms with Gasteiger partial charge in [0.2, 0.25) is 5.91 Å². The lowest BCUT2D eigenvalue weighted by atomic mass is 10.1. The van der Waals surface area contributed by atoms with Crippen molar-refractivity contribution in [1.29, 1.82) is 0 Å². The fourth-order valence-corrected chi connectivity index (χ4v) is 2.73. The summed E-state index contributed by atoms with van der Waals surface area (Å²) >= 11 is 0. The molecule has 0 atom stereocenters. The number of fused-ring (bicyclic) bond motifs is 1. The van der Waals surface area contributed by atoms with Crippen molar-refractivity contribution in [2.24, 2.45) is 0 Å². The van der Waals surface area contributed by atoms with Crippen molar-refractivity contribution in [3.63, 3.8) is 0 Å². The van der Waals surface area contributed by atoms with Gasteiger partial charge in [0.1, 0.15) is 0 Å². The van der Waals surface area contributed by atoms with Crippen molar-refractivity contribution < 1.29 is 4.79 Å². The number of aromatic nitrogens is 3. The SMILES string of the molecule is Cc1n[nH]c(C)c1CCNC(=O)Cc1ccc2[nH]ccc2c1. The quantitative estimate of drug-likeness (QED) is 0.676. The maximum absolute atomic E-state index is 12.0. The number of hydrogen-bond acceptors (Lipinski definition) is 2. The van der Waals surface area contributed by atoms with Crippen LogP contribution in [-0.2, 0) is 17.6 Å². The Hall–Kier alpha value is -2.56. The summed E-state index contributed by atoms with van der Waals surface area (Å²) < 4.78 is 0. The molecule has 0 radical (unpaired) electrons. The number of carbonyl (C=O) groups excluding carboxylic acids is 1. The summed E-state index contributed by atoms with van der Waals surface area (Å²) in [7, 11) is 0. The van der Waals surface area contributed by atoms with Crippen LogP contribution in [0.25, 0.3) is 10.9 Å². The van der Waals surface area contributed by atoms with Crippen LogP contribution >= 0.6 is 0 Å². The zero-order valence-corrected chi connectivity index (χ0v) is 12.9. The summed E-state index contributed by atoms with van der Waals surface area (Å²) in [5, 5.41) is 11.2. The summed E-state index contributed by atoms with van der Waals surface area (Å²) in [6.07, 6.45) is 3.12. The van der Waals surface area contributed by atoms with E-state index in [0.29, 0.717) is 13.0 Å². The molecule has 3 rings (SSSR count). The normalized spacial score (nSPS) is 11.0. The van der Waals surface area contributed by atoms with Crippen molar-refractivity contribution in [2.45, 2.75) is 26.7 Å². The molecule has 0 fully saturated rings. The standard InChI is InChI=1S/C17H20N4O/c1-11-15(12(2)21-20-11)6-8-19-17(22)10-13-3-4-16-14(9-13)5-7-18-16/h3-5,7,9,18H,6,8,10H2,1-2H3,(H,19,22)(H,20,21). The molecule has 0 saturated heterocycles. The highest BCUT2D eigenvalue weighted by Crippen LogP contribution is 2.14. The fraction of sp³-hybridized carbons (Fsp3) is 0.294. The first kappa shape index (κ1) is 14.4. The van der Waals surface area contributed by atoms with Crippen LogP contribution in [0.3, 0.4) is 0 Å². The van der Waals surface area contributed by atoms with E-state index in [4.69, 9.17) is 0 Å². The lowest BCUT2D eigenvalue weighted by molar-refractivity contribution is -0.120. The average Bonchev–Trinajstić information content (AvgIpc) is 3.07. The molecule has 0 aliphatic carbocycles. The molecule has 0 aliphatic heterocycles. The number of carbonyl (C=O) groups is 1. The van der Waals surface area contributed by atoms with Crippen LogP contribution in [0.2, 0.25) is 0 Å². The molecule has 0 saturated carbocycles. The lowest BCUT2D eigenvalue weighted by Crippen LogP contribution is -2.27. The van der Waals surface area contributed by atoms with Crippen LogP contribution in [0.1, 0.15) is 22.5 Å². The van der Waals surface area contributed by atoms with Gasteiger partial charge in [0.25, 0.3) is 0 Å². The van der Waals surface area contributed by atoms with Crippen molar-refractivity contribution in [2.75, 3.05) is 6.54 Å². The van der Waals surface area contributed by atoms with E-state index in [0.717, 1.165) is 34.3 Å². The first-order valence-electron chi connectivity index (χ1n) is 7.46. The van der Waals surface area contributed by atoms with E-state index in [1.54, 1.807) is 0 Å². The molecule has 5 heteroatoms. The molecule has 114 valence electrons. The summed E-state index contributed by atoms with van der Waals surface area (Å²) in [5.74, 6) is 0.0497. The van der Waals surface area contributed by atoms with E-state index in [-0.39, 0.29) is 5.91 Å². The first-order chi connectivity index (χ1) is 10.6. The Morgan fingerprint density at radius 1 is 1.27 bits per heavy atom. The van der Waals surface area contributed by atoms with Gasteiger partial charge in [-0.3, -0.25) is 9.89 Å². The molecule has 1 aromatic carbocycles. The van der Waals surface area contributed by atoms with Gasteiger partial charge in [0.15, 0.2) is 0 Å². The van der Waals surface area contributed by atoms with Crippen molar-refractivity contribution in [3.05, 3.63) is 53.0 Å². The van der Waals surface area contributed by atoms with Crippen LogP contribution in [0.4, 0.5) is 0 Å². The molecule has 2 heterocycles. The summed E-state index contributed by atoms with van der Waals surface area (Å²) in [4.78, 5) is 15.2. The molecule has 2 aromatic heterocycles. The van der Waals surface area contributed by atoms with E-state index in [9.17, 15) is 4.79 Å². The molecular formula is C17H20N4O. The molecule has 0 bridgehead atoms. The number of nitrogens with zero attached hydrogens (tertiary/aromatic N) is 1. The molecule has 22 heavy (non-hydrogen) atoms. The van der Waals surface area contributed by atoms with Crippen molar-refractivity contribution in [3.8, 4) is 0 Å². The van der Waals surface area contributed by atoms with E-state index in [1.807, 2.05) is 38.2 Å². The molecule has 5 nitrogen and oxygen atoms in total. The third kappa shape index (κ3) is 3.03. The van der Waals surface area contributed by atoms with E-state index in [1.165, 1.54) is 5.56 Å². The van der Waals surface area contributed by atoms with Crippen LogP contribution < -0.4 is 5.32 Å². The number of nitrogens with one attached hydrogen (secondary N) is 3. The maximum atomic E-state index is 12.0. The molecule has 0 unspecified atom stereocenters. The topological polar surface area (TPSA) is 73.6 Å². The highest BCUT2D eigenvalue weighted by atomic mass is 16.1. The smallest absolute Gasteiger partial charge is 0.224 e. The monoisotopic (exact) mass is 296 g/mol. The molecular weight excluding hydrogens is 276 g/mol. The predicted molar refractivity (Wildman–Crippen MR) is 86.8 cm³/mol. The Morgan fingerprint density at radius 3 is 2.91 bits per heavy atom. The number of H-pyrrole nitrogens is 2. The number of amides is 1. The van der Waals surface area contributed by atoms with Gasteiger partial charge in [-0.2, -0.15) is 5.10 Å². The highest BCUT2D eigenvalue weighted by molar-refractivity contribution is 5.83. The Labute approximate surface area is 129 Å². The average molecular weight is 296 g/mol. The van der Waals surface area contributed by atoms with Gasteiger partial charge < -0.3 is 10.3 Å². The summed E-state index contributed by atoms with van der Waals surface area (Å²) in [6.45, 7) is 4.61. The van der Waals surface area contributed by atoms with Gasteiger partial charge in [-0.1, -0.05) is 6.07 Å².